The molecule has 12 heteroatoms. The van der Waals surface area contributed by atoms with Gasteiger partial charge in [0, 0.05) is 12.8 Å². The number of carboxylic acid groups (broad SMARTS) is 1. The number of carbonyl (C=O) groups is 4. The highest BCUT2D eigenvalue weighted by Crippen LogP contribution is 2.26. The van der Waals surface area contributed by atoms with Crippen LogP contribution in [0, 0.1) is 0 Å². The number of aliphatic carboxylic acids is 1. The van der Waals surface area contributed by atoms with Crippen molar-refractivity contribution in [1.29, 1.82) is 0 Å². The highest BCUT2D eigenvalue weighted by atomic mass is 16.7. The number of hydrogen-bond acceptors (Lipinski definition) is 11. The van der Waals surface area contributed by atoms with E-state index in [1.807, 2.05) is 12.2 Å². The van der Waals surface area contributed by atoms with Crippen molar-refractivity contribution in [2.75, 3.05) is 13.2 Å². The number of esters is 3. The minimum Gasteiger partial charge on any atom is -0.479 e. The van der Waals surface area contributed by atoms with Gasteiger partial charge in [-0.1, -0.05) is 235 Å². The summed E-state index contributed by atoms with van der Waals surface area (Å²) in [6.45, 7) is 5.79. The third-order valence-corrected chi connectivity index (χ3v) is 13.3. The van der Waals surface area contributed by atoms with Crippen LogP contribution >= 0.6 is 0 Å². The summed E-state index contributed by atoms with van der Waals surface area (Å²) in [6.07, 6.45) is 51.8. The fraction of sp³-hybridized carbons (Fsp3) is 0.746. The van der Waals surface area contributed by atoms with Gasteiger partial charge in [-0.3, -0.25) is 14.4 Å². The van der Waals surface area contributed by atoms with E-state index >= 15 is 0 Å². The number of unbranched alkanes of at least 4 members (excludes halogenated alkanes) is 25. The average molecular weight is 1060 g/mol. The number of ether oxygens (including phenoxy) is 5. The summed E-state index contributed by atoms with van der Waals surface area (Å²) in [5.41, 5.74) is 0. The Kier molecular flexibility index (Phi) is 47.0. The predicted octanol–water partition coefficient (Wildman–Crippen LogP) is 15.3. The number of aliphatic hydroxyl groups is 2. The SMILES string of the molecule is CC/C=C\C/C=C\C/C=C\C/C=C\C/C=C\CC(=O)OCC(COC1OC(C(=O)O)C(O)C(O)C1OC(=O)CCCCCCC/C=C\CCCCCCCC)OC(=O)CCCCCCCCCCCCCCCCC. The Bertz CT molecular complexity index is 1580. The van der Waals surface area contributed by atoms with Crippen LogP contribution < -0.4 is 0 Å². The van der Waals surface area contributed by atoms with Gasteiger partial charge in [-0.2, -0.15) is 0 Å². The van der Waals surface area contributed by atoms with E-state index in [1.165, 1.54) is 109 Å². The summed E-state index contributed by atoms with van der Waals surface area (Å²) in [5.74, 6) is -3.28. The molecule has 0 aliphatic carbocycles. The Morgan fingerprint density at radius 3 is 1.33 bits per heavy atom. The smallest absolute Gasteiger partial charge is 0.335 e. The molecule has 1 fully saturated rings. The molecular formula is C63H106O12. The molecule has 12 nitrogen and oxygen atoms in total. The number of carboxylic acids is 1. The standard InChI is InChI=1S/C63H106O12/c1-4-7-10-13-16-19-22-25-28-31-34-37-40-43-46-49-55(64)71-52-54(73-56(65)50-47-44-41-38-35-32-29-26-23-20-17-14-11-8-5-2)53-72-63-61(59(68)58(67)60(75-63)62(69)70)74-57(66)51-48-45-42-39-36-33-30-27-24-21-18-15-12-9-6-3/h7,10,16,19,25,27-28,30,34,37,43,46,54,58-61,63,67-68H,4-6,8-9,11-15,17-18,20-24,26,29,31-33,35-36,38-42,44-45,47-53H2,1-3H3,(H,69,70)/b10-7-,19-16-,28-25-,30-27-,37-34-,46-43-. The fourth-order valence-corrected chi connectivity index (χ4v) is 8.73. The topological polar surface area (TPSA) is 175 Å². The molecule has 6 atom stereocenters. The lowest BCUT2D eigenvalue weighted by atomic mass is 9.98. The van der Waals surface area contributed by atoms with Crippen molar-refractivity contribution in [2.45, 2.75) is 289 Å². The normalized spacial score (nSPS) is 18.7. The largest absolute Gasteiger partial charge is 0.479 e. The minimum absolute atomic E-state index is 0.0149. The summed E-state index contributed by atoms with van der Waals surface area (Å²) in [7, 11) is 0. The molecule has 6 unspecified atom stereocenters. The van der Waals surface area contributed by atoms with E-state index < -0.39 is 67.3 Å². The van der Waals surface area contributed by atoms with Crippen LogP contribution in [0.15, 0.2) is 72.9 Å². The lowest BCUT2D eigenvalue weighted by molar-refractivity contribution is -0.301. The quantitative estimate of drug-likeness (QED) is 0.0228. The van der Waals surface area contributed by atoms with Crippen molar-refractivity contribution in [3.05, 3.63) is 72.9 Å². The number of hydrogen-bond donors (Lipinski definition) is 3. The Morgan fingerprint density at radius 2 is 0.880 bits per heavy atom. The zero-order valence-corrected chi connectivity index (χ0v) is 47.3. The van der Waals surface area contributed by atoms with Crippen LogP contribution in [0.2, 0.25) is 0 Å². The minimum atomic E-state index is -1.92. The summed E-state index contributed by atoms with van der Waals surface area (Å²) in [6, 6.07) is 0. The van der Waals surface area contributed by atoms with Crippen LogP contribution in [0.4, 0.5) is 0 Å². The molecule has 0 spiro atoms. The first-order chi connectivity index (χ1) is 36.6. The van der Waals surface area contributed by atoms with Crippen LogP contribution in [0.25, 0.3) is 0 Å². The second kappa shape index (κ2) is 50.9. The first-order valence-electron chi connectivity index (χ1n) is 29.9. The van der Waals surface area contributed by atoms with Crippen LogP contribution in [0.5, 0.6) is 0 Å². The van der Waals surface area contributed by atoms with E-state index in [0.29, 0.717) is 19.3 Å². The van der Waals surface area contributed by atoms with Crippen molar-refractivity contribution >= 4 is 23.9 Å². The van der Waals surface area contributed by atoms with Gasteiger partial charge in [0.15, 0.2) is 24.6 Å². The van der Waals surface area contributed by atoms with E-state index in [2.05, 4.69) is 75.5 Å². The van der Waals surface area contributed by atoms with Crippen LogP contribution in [0.3, 0.4) is 0 Å². The molecule has 75 heavy (non-hydrogen) atoms. The van der Waals surface area contributed by atoms with Gasteiger partial charge in [0.25, 0.3) is 0 Å². The summed E-state index contributed by atoms with van der Waals surface area (Å²) in [5, 5.41) is 31.5. The van der Waals surface area contributed by atoms with Crippen molar-refractivity contribution in [1.82, 2.24) is 0 Å². The summed E-state index contributed by atoms with van der Waals surface area (Å²) < 4.78 is 28.3. The van der Waals surface area contributed by atoms with Gasteiger partial charge < -0.3 is 39.0 Å². The Hall–Kier alpha value is -3.84. The third-order valence-electron chi connectivity index (χ3n) is 13.3. The van der Waals surface area contributed by atoms with E-state index in [1.54, 1.807) is 6.08 Å². The molecular weight excluding hydrogens is 949 g/mol. The zero-order valence-electron chi connectivity index (χ0n) is 47.3. The molecule has 430 valence electrons. The molecule has 1 heterocycles. The van der Waals surface area contributed by atoms with E-state index in [9.17, 15) is 34.5 Å². The van der Waals surface area contributed by atoms with Crippen molar-refractivity contribution in [3.63, 3.8) is 0 Å². The molecule has 0 aromatic rings. The van der Waals surface area contributed by atoms with Crippen LogP contribution in [0.1, 0.15) is 252 Å². The molecule has 0 radical (unpaired) electrons. The average Bonchev–Trinajstić information content (AvgIpc) is 3.39. The molecule has 0 amide bonds. The molecule has 0 aromatic carbocycles. The van der Waals surface area contributed by atoms with E-state index in [-0.39, 0.29) is 25.9 Å². The fourth-order valence-electron chi connectivity index (χ4n) is 8.73. The van der Waals surface area contributed by atoms with Crippen molar-refractivity contribution in [2.24, 2.45) is 0 Å². The first kappa shape index (κ1) is 69.2. The van der Waals surface area contributed by atoms with Gasteiger partial charge in [-0.25, -0.2) is 4.79 Å². The van der Waals surface area contributed by atoms with E-state index in [0.717, 1.165) is 83.5 Å². The van der Waals surface area contributed by atoms with Gasteiger partial charge >= 0.3 is 23.9 Å². The predicted molar refractivity (Wildman–Crippen MR) is 303 cm³/mol. The lowest BCUT2D eigenvalue weighted by Gasteiger charge is -2.40. The first-order valence-corrected chi connectivity index (χ1v) is 29.9. The molecule has 1 saturated heterocycles. The number of carbonyl (C=O) groups excluding carboxylic acids is 3. The maximum Gasteiger partial charge on any atom is 0.335 e. The summed E-state index contributed by atoms with van der Waals surface area (Å²) >= 11 is 0. The highest BCUT2D eigenvalue weighted by Gasteiger charge is 2.50. The molecule has 0 aromatic heterocycles. The number of aliphatic hydroxyl groups excluding tert-OH is 2. The van der Waals surface area contributed by atoms with Crippen molar-refractivity contribution < 1.29 is 58.2 Å². The van der Waals surface area contributed by atoms with Gasteiger partial charge in [0.1, 0.15) is 18.8 Å². The molecule has 3 N–H and O–H groups in total. The van der Waals surface area contributed by atoms with Crippen LogP contribution in [-0.2, 0) is 42.9 Å². The third kappa shape index (κ3) is 41.0. The molecule has 0 bridgehead atoms. The number of rotatable bonds is 50. The maximum absolute atomic E-state index is 13.1. The zero-order chi connectivity index (χ0) is 54.7. The van der Waals surface area contributed by atoms with Crippen LogP contribution in [-0.4, -0.2) is 89.2 Å². The molecule has 1 aliphatic heterocycles. The molecule has 0 saturated carbocycles. The lowest BCUT2D eigenvalue weighted by Crippen LogP contribution is -2.61. The summed E-state index contributed by atoms with van der Waals surface area (Å²) in [4.78, 5) is 51.1. The molecule has 1 aliphatic rings. The monoisotopic (exact) mass is 1050 g/mol. The second-order valence-corrected chi connectivity index (χ2v) is 20.3. The Labute approximate surface area is 455 Å². The Balaban J connectivity index is 2.74. The van der Waals surface area contributed by atoms with Crippen molar-refractivity contribution in [3.8, 4) is 0 Å². The second-order valence-electron chi connectivity index (χ2n) is 20.3. The maximum atomic E-state index is 13.1. The number of allylic oxidation sites excluding steroid dienone is 11. The van der Waals surface area contributed by atoms with Gasteiger partial charge in [-0.05, 0) is 70.6 Å². The van der Waals surface area contributed by atoms with E-state index in [4.69, 9.17) is 23.7 Å². The Morgan fingerprint density at radius 1 is 0.467 bits per heavy atom. The van der Waals surface area contributed by atoms with Gasteiger partial charge in [-0.15, -0.1) is 0 Å². The van der Waals surface area contributed by atoms with Gasteiger partial charge in [0.2, 0.25) is 0 Å². The highest BCUT2D eigenvalue weighted by molar-refractivity contribution is 5.74. The molecule has 1 rings (SSSR count). The van der Waals surface area contributed by atoms with Gasteiger partial charge in [0.05, 0.1) is 13.0 Å².